The van der Waals surface area contributed by atoms with E-state index in [-0.39, 0.29) is 29.3 Å². The van der Waals surface area contributed by atoms with E-state index in [9.17, 15) is 18.4 Å². The van der Waals surface area contributed by atoms with Gasteiger partial charge < -0.3 is 14.2 Å². The number of hydrogen-bond acceptors (Lipinski definition) is 5. The largest absolute Gasteiger partial charge is 0.493 e. The molecule has 3 heterocycles. The lowest BCUT2D eigenvalue weighted by Gasteiger charge is -2.30. The average Bonchev–Trinajstić information content (AvgIpc) is 3.17. The third-order valence-corrected chi connectivity index (χ3v) is 6.15. The van der Waals surface area contributed by atoms with Gasteiger partial charge in [-0.15, -0.1) is 0 Å². The van der Waals surface area contributed by atoms with Crippen LogP contribution in [0.2, 0.25) is 0 Å². The van der Waals surface area contributed by atoms with Gasteiger partial charge in [-0.1, -0.05) is 6.92 Å². The van der Waals surface area contributed by atoms with Crippen LogP contribution in [-0.4, -0.2) is 45.7 Å². The van der Waals surface area contributed by atoms with E-state index < -0.39 is 11.7 Å². The van der Waals surface area contributed by atoms with Crippen LogP contribution >= 0.6 is 0 Å². The van der Waals surface area contributed by atoms with E-state index in [2.05, 4.69) is 21.8 Å². The number of aromatic nitrogens is 3. The second-order valence-corrected chi connectivity index (χ2v) is 8.63. The summed E-state index contributed by atoms with van der Waals surface area (Å²) in [6, 6.07) is 7.53. The maximum absolute atomic E-state index is 13.8. The van der Waals surface area contributed by atoms with E-state index in [1.165, 1.54) is 6.07 Å². The van der Waals surface area contributed by atoms with Crippen LogP contribution in [0.4, 0.5) is 13.2 Å². The molecule has 0 radical (unpaired) electrons. The maximum Gasteiger partial charge on any atom is 0.419 e. The van der Waals surface area contributed by atoms with Crippen molar-refractivity contribution in [2.45, 2.75) is 32.4 Å². The summed E-state index contributed by atoms with van der Waals surface area (Å²) >= 11 is 0. The molecule has 2 aromatic heterocycles. The maximum atomic E-state index is 13.8. The molecule has 3 aromatic rings. The second kappa shape index (κ2) is 9.40. The van der Waals surface area contributed by atoms with Gasteiger partial charge in [0.15, 0.2) is 5.69 Å². The highest BCUT2D eigenvalue weighted by Gasteiger charge is 2.35. The lowest BCUT2D eigenvalue weighted by molar-refractivity contribution is -0.138. The number of fused-ring (bicyclic) bond motifs is 1. The van der Waals surface area contributed by atoms with Crippen molar-refractivity contribution in [3.05, 3.63) is 41.9 Å². The average molecular weight is 458 g/mol. The number of pyridine rings is 1. The molecular weight excluding hydrogens is 431 g/mol. The molecule has 0 aliphatic carbocycles. The molecule has 174 valence electrons. The Morgan fingerprint density at radius 1 is 1.21 bits per heavy atom. The standard InChI is InChI=1S/C24H26F3N5O/c1-16-6-9-32(10-7-16)8-3-11-33-22-5-4-17(12-18(22)24(25,26)27)19-13-21-23(20(14-28)30-19)29-15-31(21)2/h4-5,12-13,15-16H,3,6-11H2,1-2H3. The summed E-state index contributed by atoms with van der Waals surface area (Å²) in [7, 11) is 1.75. The third kappa shape index (κ3) is 5.11. The van der Waals surface area contributed by atoms with Crippen molar-refractivity contribution >= 4 is 11.0 Å². The van der Waals surface area contributed by atoms with Gasteiger partial charge in [0.25, 0.3) is 0 Å². The zero-order chi connectivity index (χ0) is 23.6. The Balaban J connectivity index is 1.53. The lowest BCUT2D eigenvalue weighted by atomic mass is 9.99. The van der Waals surface area contributed by atoms with E-state index in [4.69, 9.17) is 4.74 Å². The summed E-state index contributed by atoms with van der Waals surface area (Å²) in [6.45, 7) is 5.34. The van der Waals surface area contributed by atoms with Crippen molar-refractivity contribution in [1.82, 2.24) is 19.4 Å². The van der Waals surface area contributed by atoms with Crippen LogP contribution in [0, 0.1) is 17.2 Å². The summed E-state index contributed by atoms with van der Waals surface area (Å²) in [5.74, 6) is 0.545. The summed E-state index contributed by atoms with van der Waals surface area (Å²) < 4.78 is 48.7. The Kier molecular flexibility index (Phi) is 6.56. The van der Waals surface area contributed by atoms with Gasteiger partial charge in [0, 0.05) is 19.2 Å². The normalized spacial score (nSPS) is 15.6. The molecule has 1 saturated heterocycles. The van der Waals surface area contributed by atoms with E-state index in [1.54, 1.807) is 30.1 Å². The van der Waals surface area contributed by atoms with Gasteiger partial charge >= 0.3 is 6.18 Å². The first kappa shape index (κ1) is 23.1. The molecule has 0 N–H and O–H groups in total. The minimum atomic E-state index is -4.58. The van der Waals surface area contributed by atoms with Crippen molar-refractivity contribution in [2.24, 2.45) is 13.0 Å². The lowest BCUT2D eigenvalue weighted by Crippen LogP contribution is -2.34. The minimum absolute atomic E-state index is 0.0732. The summed E-state index contributed by atoms with van der Waals surface area (Å²) in [5, 5.41) is 9.41. The molecule has 1 aliphatic heterocycles. The first-order valence-electron chi connectivity index (χ1n) is 11.0. The monoisotopic (exact) mass is 457 g/mol. The molecule has 9 heteroatoms. The van der Waals surface area contributed by atoms with Gasteiger partial charge in [-0.3, -0.25) is 0 Å². The molecule has 1 aliphatic rings. The van der Waals surface area contributed by atoms with Crippen LogP contribution in [0.1, 0.15) is 37.4 Å². The number of nitriles is 1. The zero-order valence-electron chi connectivity index (χ0n) is 18.7. The number of hydrogen-bond donors (Lipinski definition) is 0. The molecular formula is C24H26F3N5O. The highest BCUT2D eigenvalue weighted by Crippen LogP contribution is 2.39. The number of ether oxygens (including phenoxy) is 1. The van der Waals surface area contributed by atoms with Crippen LogP contribution in [-0.2, 0) is 13.2 Å². The quantitative estimate of drug-likeness (QED) is 0.486. The Morgan fingerprint density at radius 3 is 2.67 bits per heavy atom. The van der Waals surface area contributed by atoms with Gasteiger partial charge in [0.2, 0.25) is 0 Å². The second-order valence-electron chi connectivity index (χ2n) is 8.63. The van der Waals surface area contributed by atoms with Crippen molar-refractivity contribution in [3.8, 4) is 23.1 Å². The topological polar surface area (TPSA) is 67.0 Å². The van der Waals surface area contributed by atoms with E-state index in [0.717, 1.165) is 44.5 Å². The van der Waals surface area contributed by atoms with Gasteiger partial charge in [-0.2, -0.15) is 18.4 Å². The highest BCUT2D eigenvalue weighted by molar-refractivity contribution is 5.84. The number of nitrogens with zero attached hydrogens (tertiary/aromatic N) is 5. The fraction of sp³-hybridized carbons (Fsp3) is 0.458. The van der Waals surface area contributed by atoms with E-state index >= 15 is 0 Å². The number of alkyl halides is 3. The van der Waals surface area contributed by atoms with E-state index in [0.29, 0.717) is 17.5 Å². The number of piperidine rings is 1. The van der Waals surface area contributed by atoms with Crippen LogP contribution in [0.3, 0.4) is 0 Å². The molecule has 1 fully saturated rings. The molecule has 6 nitrogen and oxygen atoms in total. The van der Waals surface area contributed by atoms with E-state index in [1.807, 2.05) is 6.07 Å². The molecule has 0 spiro atoms. The number of imidazole rings is 1. The van der Waals surface area contributed by atoms with Gasteiger partial charge in [0.1, 0.15) is 17.3 Å². The molecule has 4 rings (SSSR count). The van der Waals surface area contributed by atoms with Crippen LogP contribution in [0.25, 0.3) is 22.3 Å². The minimum Gasteiger partial charge on any atom is -0.493 e. The Labute approximate surface area is 190 Å². The fourth-order valence-electron chi connectivity index (χ4n) is 4.15. The van der Waals surface area contributed by atoms with Crippen molar-refractivity contribution in [3.63, 3.8) is 0 Å². The molecule has 0 bridgehead atoms. The molecule has 0 unspecified atom stereocenters. The molecule has 0 atom stereocenters. The molecule has 0 amide bonds. The number of benzene rings is 1. The third-order valence-electron chi connectivity index (χ3n) is 6.15. The SMILES string of the molecule is CC1CCN(CCCOc2ccc(-c3cc4c(ncn4C)c(C#N)n3)cc2C(F)(F)F)CC1. The first-order chi connectivity index (χ1) is 15.8. The van der Waals surface area contributed by atoms with Crippen LogP contribution in [0.15, 0.2) is 30.6 Å². The van der Waals surface area contributed by atoms with Gasteiger partial charge in [-0.05, 0) is 62.5 Å². The summed E-state index contributed by atoms with van der Waals surface area (Å²) in [4.78, 5) is 10.7. The summed E-state index contributed by atoms with van der Waals surface area (Å²) in [5.41, 5.74) is 0.803. The number of rotatable bonds is 6. The Morgan fingerprint density at radius 2 is 1.97 bits per heavy atom. The summed E-state index contributed by atoms with van der Waals surface area (Å²) in [6.07, 6.45) is -0.0559. The number of likely N-dealkylation sites (tertiary alicyclic amines) is 1. The van der Waals surface area contributed by atoms with Crippen molar-refractivity contribution < 1.29 is 17.9 Å². The molecule has 0 saturated carbocycles. The first-order valence-corrected chi connectivity index (χ1v) is 11.0. The Bertz CT molecular complexity index is 1170. The van der Waals surface area contributed by atoms with Crippen molar-refractivity contribution in [1.29, 1.82) is 5.26 Å². The highest BCUT2D eigenvalue weighted by atomic mass is 19.4. The molecule has 33 heavy (non-hydrogen) atoms. The van der Waals surface area contributed by atoms with Crippen LogP contribution in [0.5, 0.6) is 5.75 Å². The van der Waals surface area contributed by atoms with Gasteiger partial charge in [-0.25, -0.2) is 9.97 Å². The fourth-order valence-corrected chi connectivity index (χ4v) is 4.15. The number of aryl methyl sites for hydroxylation is 1. The van der Waals surface area contributed by atoms with Crippen LogP contribution < -0.4 is 4.74 Å². The Hall–Kier alpha value is -3.12. The molecule has 1 aromatic carbocycles. The zero-order valence-corrected chi connectivity index (χ0v) is 18.7. The predicted molar refractivity (Wildman–Crippen MR) is 119 cm³/mol. The number of halogens is 3. The van der Waals surface area contributed by atoms with Gasteiger partial charge in [0.05, 0.1) is 29.7 Å². The predicted octanol–water partition coefficient (Wildman–Crippen LogP) is 5.03. The smallest absolute Gasteiger partial charge is 0.419 e. The van der Waals surface area contributed by atoms with Crippen molar-refractivity contribution in [2.75, 3.05) is 26.2 Å².